The maximum Gasteiger partial charge on any atom is 0.248 e. The van der Waals surface area contributed by atoms with Crippen molar-refractivity contribution in [2.75, 3.05) is 24.7 Å². The number of rotatable bonds is 5. The van der Waals surface area contributed by atoms with Gasteiger partial charge in [-0.3, -0.25) is 19.3 Å². The molecule has 0 radical (unpaired) electrons. The fourth-order valence-electron chi connectivity index (χ4n) is 3.19. The molecule has 1 aliphatic heterocycles. The van der Waals surface area contributed by atoms with E-state index >= 15 is 0 Å². The normalized spacial score (nSPS) is 17.4. The Balaban J connectivity index is 1.65. The number of anilines is 1. The van der Waals surface area contributed by atoms with Crippen LogP contribution in [-0.4, -0.2) is 53.3 Å². The van der Waals surface area contributed by atoms with Gasteiger partial charge in [0.25, 0.3) is 0 Å². The highest BCUT2D eigenvalue weighted by Crippen LogP contribution is 2.30. The molecule has 0 spiro atoms. The topological polar surface area (TPSA) is 60.9 Å². The monoisotopic (exact) mass is 391 g/mol. The van der Waals surface area contributed by atoms with Crippen LogP contribution in [0.25, 0.3) is 0 Å². The average Bonchev–Trinajstić information content (AvgIpc) is 3.32. The molecule has 0 N–H and O–H groups in total. The van der Waals surface area contributed by atoms with Gasteiger partial charge in [-0.25, -0.2) is 0 Å². The minimum atomic E-state index is -0.193. The zero-order valence-electron chi connectivity index (χ0n) is 16.1. The lowest BCUT2D eigenvalue weighted by atomic mass is 9.91. The Morgan fingerprint density at radius 1 is 1.26 bits per heavy atom. The summed E-state index contributed by atoms with van der Waals surface area (Å²) in [6, 6.07) is 7.17. The highest BCUT2D eigenvalue weighted by molar-refractivity contribution is 6.31. The van der Waals surface area contributed by atoms with Crippen molar-refractivity contribution in [3.05, 3.63) is 29.3 Å². The molecule has 1 aromatic carbocycles. The molecule has 2 fully saturated rings. The molecule has 0 bridgehead atoms. The van der Waals surface area contributed by atoms with Crippen molar-refractivity contribution in [2.24, 2.45) is 5.41 Å². The summed E-state index contributed by atoms with van der Waals surface area (Å²) in [5.41, 5.74) is 0.547. The van der Waals surface area contributed by atoms with Crippen molar-refractivity contribution in [1.29, 1.82) is 0 Å². The summed E-state index contributed by atoms with van der Waals surface area (Å²) in [6.45, 7) is 6.29. The molecule has 0 unspecified atom stereocenters. The van der Waals surface area contributed by atoms with Gasteiger partial charge in [0.15, 0.2) is 0 Å². The SMILES string of the molecule is CC(C)(C)CC(=O)N(CC(=O)N1CC(=O)N(c2cccc(Cl)c2)C1)C1CC1. The molecule has 3 amide bonds. The Labute approximate surface area is 165 Å². The van der Waals surface area contributed by atoms with Crippen LogP contribution in [0.5, 0.6) is 0 Å². The summed E-state index contributed by atoms with van der Waals surface area (Å²) in [6.07, 6.45) is 2.29. The quantitative estimate of drug-likeness (QED) is 0.775. The van der Waals surface area contributed by atoms with Crippen molar-refractivity contribution in [1.82, 2.24) is 9.80 Å². The summed E-state index contributed by atoms with van der Waals surface area (Å²) >= 11 is 6.01. The van der Waals surface area contributed by atoms with Gasteiger partial charge in [0.2, 0.25) is 17.7 Å². The molecular formula is C20H26ClN3O3. The number of carbonyl (C=O) groups excluding carboxylic acids is 3. The summed E-state index contributed by atoms with van der Waals surface area (Å²) < 4.78 is 0. The lowest BCUT2D eigenvalue weighted by Gasteiger charge is -2.28. The molecule has 27 heavy (non-hydrogen) atoms. The summed E-state index contributed by atoms with van der Waals surface area (Å²) in [7, 11) is 0. The molecule has 6 nitrogen and oxygen atoms in total. The third kappa shape index (κ3) is 5.01. The zero-order chi connectivity index (χ0) is 19.8. The molecule has 1 aliphatic carbocycles. The van der Waals surface area contributed by atoms with Gasteiger partial charge < -0.3 is 9.80 Å². The van der Waals surface area contributed by atoms with E-state index in [9.17, 15) is 14.4 Å². The molecule has 1 heterocycles. The Hall–Kier alpha value is -2.08. The number of amides is 3. The minimum Gasteiger partial charge on any atom is -0.330 e. The number of halogens is 1. The van der Waals surface area contributed by atoms with Crippen molar-refractivity contribution < 1.29 is 14.4 Å². The zero-order valence-corrected chi connectivity index (χ0v) is 16.8. The largest absolute Gasteiger partial charge is 0.330 e. The van der Waals surface area contributed by atoms with Gasteiger partial charge >= 0.3 is 0 Å². The second kappa shape index (κ2) is 7.50. The first-order chi connectivity index (χ1) is 12.6. The molecule has 1 saturated heterocycles. The Kier molecular flexibility index (Phi) is 5.47. The van der Waals surface area contributed by atoms with Crippen molar-refractivity contribution >= 4 is 35.0 Å². The van der Waals surface area contributed by atoms with Crippen LogP contribution in [0.1, 0.15) is 40.0 Å². The standard InChI is InChI=1S/C20H26ClN3O3/c1-20(2,3)10-17(25)23(15-7-8-15)12-18(26)22-11-19(27)24(13-22)16-6-4-5-14(21)9-16/h4-6,9,15H,7-8,10-13H2,1-3H3. The van der Waals surface area contributed by atoms with E-state index < -0.39 is 0 Å². The lowest BCUT2D eigenvalue weighted by Crippen LogP contribution is -2.44. The first-order valence-corrected chi connectivity index (χ1v) is 9.65. The summed E-state index contributed by atoms with van der Waals surface area (Å²) in [4.78, 5) is 42.5. The summed E-state index contributed by atoms with van der Waals surface area (Å²) in [5, 5.41) is 0.540. The fraction of sp³-hybridized carbons (Fsp3) is 0.550. The predicted octanol–water partition coefficient (Wildman–Crippen LogP) is 2.90. The molecule has 0 aromatic heterocycles. The molecule has 2 aliphatic rings. The molecular weight excluding hydrogens is 366 g/mol. The highest BCUT2D eigenvalue weighted by Gasteiger charge is 2.38. The maximum atomic E-state index is 12.8. The second-order valence-electron chi connectivity index (χ2n) is 8.52. The predicted molar refractivity (Wildman–Crippen MR) is 104 cm³/mol. The molecule has 7 heteroatoms. The van der Waals surface area contributed by atoms with Crippen molar-refractivity contribution in [3.63, 3.8) is 0 Å². The second-order valence-corrected chi connectivity index (χ2v) is 8.96. The lowest BCUT2D eigenvalue weighted by molar-refractivity contribution is -0.141. The van der Waals surface area contributed by atoms with Crippen molar-refractivity contribution in [2.45, 2.75) is 46.1 Å². The Morgan fingerprint density at radius 3 is 2.56 bits per heavy atom. The molecule has 1 saturated carbocycles. The van der Waals surface area contributed by atoms with Crippen LogP contribution < -0.4 is 4.90 Å². The number of hydrogen-bond donors (Lipinski definition) is 0. The molecule has 146 valence electrons. The van der Waals surface area contributed by atoms with Gasteiger partial charge in [0.05, 0.1) is 0 Å². The number of benzene rings is 1. The van der Waals surface area contributed by atoms with E-state index in [0.29, 0.717) is 17.1 Å². The Morgan fingerprint density at radius 2 is 1.96 bits per heavy atom. The van der Waals surface area contributed by atoms with Gasteiger partial charge in [-0.05, 0) is 36.5 Å². The van der Waals surface area contributed by atoms with E-state index in [-0.39, 0.29) is 48.9 Å². The fourth-order valence-corrected chi connectivity index (χ4v) is 3.38. The van der Waals surface area contributed by atoms with Crippen LogP contribution in [0.15, 0.2) is 24.3 Å². The van der Waals surface area contributed by atoms with Gasteiger partial charge in [-0.1, -0.05) is 38.4 Å². The first kappa shape index (κ1) is 19.7. The molecule has 0 atom stereocenters. The van der Waals surface area contributed by atoms with E-state index in [2.05, 4.69) is 0 Å². The van der Waals surface area contributed by atoms with Gasteiger partial charge in [0.1, 0.15) is 19.8 Å². The van der Waals surface area contributed by atoms with Gasteiger partial charge in [0, 0.05) is 23.2 Å². The van der Waals surface area contributed by atoms with Gasteiger partial charge in [-0.15, -0.1) is 0 Å². The van der Waals surface area contributed by atoms with Crippen molar-refractivity contribution in [3.8, 4) is 0 Å². The first-order valence-electron chi connectivity index (χ1n) is 9.27. The van der Waals surface area contributed by atoms with Crippen LogP contribution in [0.2, 0.25) is 5.02 Å². The van der Waals surface area contributed by atoms with E-state index in [1.165, 1.54) is 4.90 Å². The number of nitrogens with zero attached hydrogens (tertiary/aromatic N) is 3. The molecule has 1 aromatic rings. The van der Waals surface area contributed by atoms with E-state index in [4.69, 9.17) is 11.6 Å². The van der Waals surface area contributed by atoms with E-state index in [1.54, 1.807) is 34.1 Å². The van der Waals surface area contributed by atoms with Crippen LogP contribution in [0.4, 0.5) is 5.69 Å². The van der Waals surface area contributed by atoms with Crippen LogP contribution in [-0.2, 0) is 14.4 Å². The van der Waals surface area contributed by atoms with Crippen LogP contribution in [0, 0.1) is 5.41 Å². The highest BCUT2D eigenvalue weighted by atomic mass is 35.5. The van der Waals surface area contributed by atoms with E-state index in [1.807, 2.05) is 20.8 Å². The number of carbonyl (C=O) groups is 3. The summed E-state index contributed by atoms with van der Waals surface area (Å²) in [5.74, 6) is -0.331. The van der Waals surface area contributed by atoms with Crippen LogP contribution >= 0.6 is 11.6 Å². The Bertz CT molecular complexity index is 755. The molecule has 3 rings (SSSR count). The number of hydrogen-bond acceptors (Lipinski definition) is 3. The van der Waals surface area contributed by atoms with Crippen LogP contribution in [0.3, 0.4) is 0 Å². The van der Waals surface area contributed by atoms with E-state index in [0.717, 1.165) is 12.8 Å². The third-order valence-electron chi connectivity index (χ3n) is 4.71. The maximum absolute atomic E-state index is 12.8. The van der Waals surface area contributed by atoms with Gasteiger partial charge in [-0.2, -0.15) is 0 Å². The minimum absolute atomic E-state index is 0.00979. The third-order valence-corrected chi connectivity index (χ3v) is 4.94. The smallest absolute Gasteiger partial charge is 0.248 e. The average molecular weight is 392 g/mol.